The van der Waals surface area contributed by atoms with E-state index in [1.807, 2.05) is 32.9 Å². The third-order valence-corrected chi connectivity index (χ3v) is 5.11. The minimum Gasteiger partial charge on any atom is -0.454 e. The first-order valence-corrected chi connectivity index (χ1v) is 7.77. The van der Waals surface area contributed by atoms with E-state index in [1.165, 1.54) is 0 Å². The number of thiophene rings is 1. The van der Waals surface area contributed by atoms with E-state index in [0.717, 1.165) is 32.1 Å². The standard InChI is InChI=1S/C16H14N2O3S/c1-7-4-11-12(21-6-20-11)5-10(7)14-17-15(19)13-8(2)9(3)22-16(13)18-14/h4-5H,6H2,1-3H3,(H,17,18,19). The second-order valence-electron chi connectivity index (χ2n) is 5.40. The maximum Gasteiger partial charge on any atom is 0.260 e. The zero-order chi connectivity index (χ0) is 15.4. The molecule has 4 rings (SSSR count). The third kappa shape index (κ3) is 1.84. The van der Waals surface area contributed by atoms with Crippen LogP contribution in [-0.4, -0.2) is 16.8 Å². The topological polar surface area (TPSA) is 64.2 Å². The van der Waals surface area contributed by atoms with Gasteiger partial charge in [0.25, 0.3) is 5.56 Å². The Bertz CT molecular complexity index is 972. The van der Waals surface area contributed by atoms with Crippen LogP contribution in [0.5, 0.6) is 11.5 Å². The summed E-state index contributed by atoms with van der Waals surface area (Å²) < 4.78 is 10.8. The molecule has 5 nitrogen and oxygen atoms in total. The number of nitrogens with zero attached hydrogens (tertiary/aromatic N) is 1. The van der Waals surface area contributed by atoms with Crippen molar-refractivity contribution < 1.29 is 9.47 Å². The van der Waals surface area contributed by atoms with Gasteiger partial charge in [0.15, 0.2) is 11.5 Å². The Morgan fingerprint density at radius 2 is 1.91 bits per heavy atom. The number of fused-ring (bicyclic) bond motifs is 2. The van der Waals surface area contributed by atoms with Gasteiger partial charge in [0.1, 0.15) is 10.7 Å². The normalized spacial score (nSPS) is 13.0. The number of aromatic amines is 1. The van der Waals surface area contributed by atoms with Crippen molar-refractivity contribution in [3.63, 3.8) is 0 Å². The van der Waals surface area contributed by atoms with Crippen molar-refractivity contribution in [2.75, 3.05) is 6.79 Å². The number of nitrogens with one attached hydrogen (secondary N) is 1. The predicted molar refractivity (Wildman–Crippen MR) is 86.0 cm³/mol. The fourth-order valence-corrected chi connectivity index (χ4v) is 3.71. The predicted octanol–water partition coefficient (Wildman–Crippen LogP) is 3.31. The van der Waals surface area contributed by atoms with E-state index in [2.05, 4.69) is 9.97 Å². The molecule has 3 heterocycles. The molecule has 0 saturated heterocycles. The molecule has 0 bridgehead atoms. The van der Waals surface area contributed by atoms with Gasteiger partial charge in [0, 0.05) is 10.4 Å². The molecular weight excluding hydrogens is 300 g/mol. The average Bonchev–Trinajstić information content (AvgIpc) is 3.02. The van der Waals surface area contributed by atoms with E-state index >= 15 is 0 Å². The van der Waals surface area contributed by atoms with Gasteiger partial charge in [0.05, 0.1) is 5.39 Å². The Morgan fingerprint density at radius 1 is 1.18 bits per heavy atom. The molecule has 0 radical (unpaired) electrons. The summed E-state index contributed by atoms with van der Waals surface area (Å²) in [5.41, 5.74) is 2.74. The van der Waals surface area contributed by atoms with Gasteiger partial charge < -0.3 is 14.5 Å². The van der Waals surface area contributed by atoms with Gasteiger partial charge in [-0.2, -0.15) is 0 Å². The van der Waals surface area contributed by atoms with Gasteiger partial charge in [0.2, 0.25) is 6.79 Å². The van der Waals surface area contributed by atoms with Crippen molar-refractivity contribution in [2.24, 2.45) is 0 Å². The van der Waals surface area contributed by atoms with Gasteiger partial charge in [-0.25, -0.2) is 4.98 Å². The second-order valence-corrected chi connectivity index (χ2v) is 6.60. The molecule has 1 N–H and O–H groups in total. The lowest BCUT2D eigenvalue weighted by Crippen LogP contribution is -2.09. The summed E-state index contributed by atoms with van der Waals surface area (Å²) in [7, 11) is 0. The zero-order valence-electron chi connectivity index (χ0n) is 12.4. The van der Waals surface area contributed by atoms with Crippen LogP contribution in [0, 0.1) is 20.8 Å². The maximum absolute atomic E-state index is 12.4. The number of hydrogen-bond acceptors (Lipinski definition) is 5. The van der Waals surface area contributed by atoms with Crippen molar-refractivity contribution in [3.8, 4) is 22.9 Å². The molecule has 1 aliphatic rings. The van der Waals surface area contributed by atoms with Gasteiger partial charge in [-0.3, -0.25) is 4.79 Å². The van der Waals surface area contributed by atoms with Gasteiger partial charge in [-0.15, -0.1) is 11.3 Å². The molecule has 1 aromatic carbocycles. The number of aromatic nitrogens is 2. The molecule has 1 aliphatic heterocycles. The Morgan fingerprint density at radius 3 is 2.68 bits per heavy atom. The highest BCUT2D eigenvalue weighted by Gasteiger charge is 2.19. The molecule has 22 heavy (non-hydrogen) atoms. The van der Waals surface area contributed by atoms with Crippen molar-refractivity contribution >= 4 is 21.6 Å². The Labute approximate surface area is 130 Å². The van der Waals surface area contributed by atoms with E-state index in [0.29, 0.717) is 17.0 Å². The van der Waals surface area contributed by atoms with Crippen molar-refractivity contribution in [3.05, 3.63) is 38.5 Å². The summed E-state index contributed by atoms with van der Waals surface area (Å²) in [5.74, 6) is 1.98. The van der Waals surface area contributed by atoms with Crippen LogP contribution >= 0.6 is 11.3 Å². The zero-order valence-corrected chi connectivity index (χ0v) is 13.3. The van der Waals surface area contributed by atoms with Crippen LogP contribution in [0.4, 0.5) is 0 Å². The first-order chi connectivity index (χ1) is 10.5. The Balaban J connectivity index is 1.97. The molecule has 0 spiro atoms. The van der Waals surface area contributed by atoms with Crippen LogP contribution in [0.15, 0.2) is 16.9 Å². The SMILES string of the molecule is Cc1cc2c(cc1-c1nc3sc(C)c(C)c3c(=O)[nH]1)OCO2. The molecule has 0 atom stereocenters. The molecule has 3 aromatic rings. The van der Waals surface area contributed by atoms with Crippen molar-refractivity contribution in [1.29, 1.82) is 0 Å². The van der Waals surface area contributed by atoms with Crippen LogP contribution < -0.4 is 15.0 Å². The first-order valence-electron chi connectivity index (χ1n) is 6.95. The van der Waals surface area contributed by atoms with Crippen molar-refractivity contribution in [1.82, 2.24) is 9.97 Å². The molecule has 0 aliphatic carbocycles. The average molecular weight is 314 g/mol. The molecular formula is C16H14N2O3S. The quantitative estimate of drug-likeness (QED) is 0.748. The van der Waals surface area contributed by atoms with E-state index in [-0.39, 0.29) is 12.4 Å². The first kappa shape index (κ1) is 13.3. The molecule has 0 unspecified atom stereocenters. The monoisotopic (exact) mass is 314 g/mol. The number of benzene rings is 1. The van der Waals surface area contributed by atoms with Gasteiger partial charge in [-0.1, -0.05) is 0 Å². The smallest absolute Gasteiger partial charge is 0.260 e. The summed E-state index contributed by atoms with van der Waals surface area (Å²) >= 11 is 1.55. The number of rotatable bonds is 1. The van der Waals surface area contributed by atoms with Crippen molar-refractivity contribution in [2.45, 2.75) is 20.8 Å². The van der Waals surface area contributed by atoms with Crippen LogP contribution in [0.25, 0.3) is 21.6 Å². The number of hydrogen-bond donors (Lipinski definition) is 1. The van der Waals surface area contributed by atoms with E-state index in [1.54, 1.807) is 11.3 Å². The second kappa shape index (κ2) is 4.58. The summed E-state index contributed by atoms with van der Waals surface area (Å²) in [6.07, 6.45) is 0. The Hall–Kier alpha value is -2.34. The molecule has 0 amide bonds. The number of H-pyrrole nitrogens is 1. The van der Waals surface area contributed by atoms with E-state index in [4.69, 9.17) is 9.47 Å². The molecule has 0 fully saturated rings. The van der Waals surface area contributed by atoms with Crippen LogP contribution in [0.3, 0.4) is 0 Å². The largest absolute Gasteiger partial charge is 0.454 e. The lowest BCUT2D eigenvalue weighted by molar-refractivity contribution is 0.174. The maximum atomic E-state index is 12.4. The summed E-state index contributed by atoms with van der Waals surface area (Å²) in [6.45, 7) is 6.15. The number of aryl methyl sites for hydroxylation is 3. The minimum atomic E-state index is -0.0982. The lowest BCUT2D eigenvalue weighted by Gasteiger charge is -2.07. The summed E-state index contributed by atoms with van der Waals surface area (Å²) in [4.78, 5) is 21.8. The molecule has 0 saturated carbocycles. The fourth-order valence-electron chi connectivity index (χ4n) is 2.68. The Kier molecular flexibility index (Phi) is 2.77. The third-order valence-electron chi connectivity index (χ3n) is 4.01. The highest BCUT2D eigenvalue weighted by Crippen LogP contribution is 2.38. The molecule has 6 heteroatoms. The van der Waals surface area contributed by atoms with Crippen LogP contribution in [0.1, 0.15) is 16.0 Å². The van der Waals surface area contributed by atoms with Gasteiger partial charge >= 0.3 is 0 Å². The molecule has 112 valence electrons. The van der Waals surface area contributed by atoms with Crippen LogP contribution in [-0.2, 0) is 0 Å². The van der Waals surface area contributed by atoms with Gasteiger partial charge in [-0.05, 0) is 44.0 Å². The van der Waals surface area contributed by atoms with E-state index < -0.39 is 0 Å². The summed E-state index contributed by atoms with van der Waals surface area (Å²) in [5, 5.41) is 0.685. The minimum absolute atomic E-state index is 0.0982. The highest BCUT2D eigenvalue weighted by molar-refractivity contribution is 7.18. The lowest BCUT2D eigenvalue weighted by atomic mass is 10.1. The molecule has 2 aromatic heterocycles. The highest BCUT2D eigenvalue weighted by atomic mass is 32.1. The summed E-state index contributed by atoms with van der Waals surface area (Å²) in [6, 6.07) is 3.78. The number of ether oxygens (including phenoxy) is 2. The van der Waals surface area contributed by atoms with E-state index in [9.17, 15) is 4.79 Å². The van der Waals surface area contributed by atoms with Crippen LogP contribution in [0.2, 0.25) is 0 Å². The fraction of sp³-hybridized carbons (Fsp3) is 0.250.